The molecule has 4 amide bonds. The van der Waals surface area contributed by atoms with Crippen LogP contribution in [-0.2, 0) is 20.9 Å². The van der Waals surface area contributed by atoms with E-state index in [0.717, 1.165) is 23.1 Å². The molecule has 2 aromatic rings. The summed E-state index contributed by atoms with van der Waals surface area (Å²) >= 11 is 0. The third-order valence-electron chi connectivity index (χ3n) is 6.74. The maximum Gasteiger partial charge on any atom is 0.573 e. The molecule has 4 rings (SSSR count). The molecule has 0 unspecified atom stereocenters. The second kappa shape index (κ2) is 10.5. The van der Waals surface area contributed by atoms with E-state index in [1.807, 2.05) is 18.7 Å². The zero-order chi connectivity index (χ0) is 28.6. The summed E-state index contributed by atoms with van der Waals surface area (Å²) in [5, 5.41) is 2.46. The number of imide groups is 1. The summed E-state index contributed by atoms with van der Waals surface area (Å²) in [4.78, 5) is 47.9. The van der Waals surface area contributed by atoms with Crippen LogP contribution in [0.3, 0.4) is 0 Å². The Balaban J connectivity index is 1.63. The van der Waals surface area contributed by atoms with Crippen LogP contribution in [0.25, 0.3) is 0 Å². The Hall–Kier alpha value is -3.71. The zero-order valence-corrected chi connectivity index (χ0v) is 22.0. The van der Waals surface area contributed by atoms with Crippen molar-refractivity contribution in [3.63, 3.8) is 0 Å². The first-order valence-electron chi connectivity index (χ1n) is 12.3. The van der Waals surface area contributed by atoms with E-state index in [0.29, 0.717) is 25.5 Å². The number of anilines is 2. The average Bonchev–Trinajstić information content (AvgIpc) is 3.00. The minimum atomic E-state index is -5.03. The van der Waals surface area contributed by atoms with Gasteiger partial charge in [-0.1, -0.05) is 6.07 Å². The summed E-state index contributed by atoms with van der Waals surface area (Å²) in [5.74, 6) is -1.85. The molecule has 3 heterocycles. The number of rotatable bonds is 7. The minimum absolute atomic E-state index is 0.0156. The summed E-state index contributed by atoms with van der Waals surface area (Å²) in [5.41, 5.74) is -1.51. The second-order valence-corrected chi connectivity index (χ2v) is 10.5. The molecule has 210 valence electrons. The number of nitrogens with zero attached hydrogens (tertiary/aromatic N) is 4. The third kappa shape index (κ3) is 6.14. The molecule has 2 saturated heterocycles. The number of hydrogen-bond donors (Lipinski definition) is 1. The number of aromatic nitrogens is 1. The minimum Gasteiger partial charge on any atom is -0.404 e. The molecule has 2 fully saturated rings. The van der Waals surface area contributed by atoms with Crippen LogP contribution in [-0.4, -0.2) is 76.4 Å². The van der Waals surface area contributed by atoms with Gasteiger partial charge in [-0.15, -0.1) is 13.2 Å². The average molecular weight is 550 g/mol. The number of alkyl halides is 3. The van der Waals surface area contributed by atoms with Gasteiger partial charge in [0.15, 0.2) is 5.75 Å². The number of morpholine rings is 1. The molecule has 2 aliphatic heterocycles. The highest BCUT2D eigenvalue weighted by atomic mass is 19.4. The first kappa shape index (κ1) is 28.3. The molecule has 0 aliphatic carbocycles. The van der Waals surface area contributed by atoms with Crippen LogP contribution in [0.1, 0.15) is 33.4 Å². The van der Waals surface area contributed by atoms with Crippen LogP contribution >= 0.6 is 0 Å². The summed E-state index contributed by atoms with van der Waals surface area (Å²) in [6.45, 7) is 8.13. The van der Waals surface area contributed by atoms with Gasteiger partial charge in [-0.25, -0.2) is 9.69 Å². The SMILES string of the molecule is CC1(C)COCCN1CC(=O)Nc1cc(N2C(=O)N(Cc3ccccn3)C(C)(C)C2=O)ccc1OC(F)(F)F. The predicted molar refractivity (Wildman–Crippen MR) is 135 cm³/mol. The number of ether oxygens (including phenoxy) is 2. The number of benzene rings is 1. The van der Waals surface area contributed by atoms with Crippen LogP contribution in [0.4, 0.5) is 29.3 Å². The van der Waals surface area contributed by atoms with E-state index in [1.54, 1.807) is 38.2 Å². The highest BCUT2D eigenvalue weighted by molar-refractivity contribution is 6.23. The maximum atomic E-state index is 13.4. The van der Waals surface area contributed by atoms with Gasteiger partial charge in [0.25, 0.3) is 5.91 Å². The van der Waals surface area contributed by atoms with Gasteiger partial charge in [-0.2, -0.15) is 0 Å². The molecule has 13 heteroatoms. The summed E-state index contributed by atoms with van der Waals surface area (Å²) < 4.78 is 49.0. The van der Waals surface area contributed by atoms with Gasteiger partial charge in [0.2, 0.25) is 5.91 Å². The second-order valence-electron chi connectivity index (χ2n) is 10.5. The summed E-state index contributed by atoms with van der Waals surface area (Å²) in [6, 6.07) is 7.76. The number of hydrogen-bond acceptors (Lipinski definition) is 7. The van der Waals surface area contributed by atoms with E-state index in [2.05, 4.69) is 15.0 Å². The first-order chi connectivity index (χ1) is 18.2. The first-order valence-corrected chi connectivity index (χ1v) is 12.3. The van der Waals surface area contributed by atoms with Gasteiger partial charge in [-0.3, -0.25) is 19.5 Å². The molecule has 1 aromatic carbocycles. The molecule has 1 N–H and O–H groups in total. The largest absolute Gasteiger partial charge is 0.573 e. The fourth-order valence-electron chi connectivity index (χ4n) is 4.50. The van der Waals surface area contributed by atoms with Gasteiger partial charge in [0.1, 0.15) is 5.54 Å². The number of nitrogens with one attached hydrogen (secondary N) is 1. The maximum absolute atomic E-state index is 13.4. The number of carbonyl (C=O) groups is 3. The van der Waals surface area contributed by atoms with Crippen LogP contribution in [0.5, 0.6) is 5.75 Å². The Morgan fingerprint density at radius 3 is 2.54 bits per heavy atom. The topological polar surface area (TPSA) is 104 Å². The number of halogens is 3. The Labute approximate surface area is 223 Å². The van der Waals surface area contributed by atoms with E-state index < -0.39 is 41.0 Å². The van der Waals surface area contributed by atoms with Crippen molar-refractivity contribution in [3.8, 4) is 5.75 Å². The van der Waals surface area contributed by atoms with Gasteiger partial charge >= 0.3 is 12.4 Å². The Bertz CT molecular complexity index is 1250. The van der Waals surface area contributed by atoms with Crippen molar-refractivity contribution < 1.29 is 37.0 Å². The molecule has 0 radical (unpaired) electrons. The lowest BCUT2D eigenvalue weighted by Crippen LogP contribution is -2.55. The molecule has 0 spiro atoms. The predicted octanol–water partition coefficient (Wildman–Crippen LogP) is 3.78. The highest BCUT2D eigenvalue weighted by Gasteiger charge is 2.52. The molecule has 2 aliphatic rings. The van der Waals surface area contributed by atoms with Gasteiger partial charge in [0, 0.05) is 18.3 Å². The van der Waals surface area contributed by atoms with Gasteiger partial charge in [0.05, 0.1) is 43.4 Å². The van der Waals surface area contributed by atoms with Gasteiger partial charge < -0.3 is 19.7 Å². The molecular formula is C26H30F3N5O5. The summed E-state index contributed by atoms with van der Waals surface area (Å²) in [7, 11) is 0. The van der Waals surface area contributed by atoms with E-state index in [-0.39, 0.29) is 24.5 Å². The van der Waals surface area contributed by atoms with Crippen LogP contribution in [0.2, 0.25) is 0 Å². The lowest BCUT2D eigenvalue weighted by molar-refractivity contribution is -0.274. The van der Waals surface area contributed by atoms with Crippen molar-refractivity contribution in [1.82, 2.24) is 14.8 Å². The fraction of sp³-hybridized carbons (Fsp3) is 0.462. The molecular weight excluding hydrogens is 519 g/mol. The molecule has 0 atom stereocenters. The van der Waals surface area contributed by atoms with Crippen LogP contribution in [0.15, 0.2) is 42.6 Å². The van der Waals surface area contributed by atoms with Crippen molar-refractivity contribution >= 4 is 29.2 Å². The lowest BCUT2D eigenvalue weighted by atomic mass is 10.0. The van der Waals surface area contributed by atoms with Crippen LogP contribution < -0.4 is 15.0 Å². The van der Waals surface area contributed by atoms with E-state index in [9.17, 15) is 27.6 Å². The Morgan fingerprint density at radius 1 is 1.15 bits per heavy atom. The van der Waals surface area contributed by atoms with Crippen LogP contribution in [0, 0.1) is 0 Å². The quantitative estimate of drug-likeness (QED) is 0.525. The number of urea groups is 1. The zero-order valence-electron chi connectivity index (χ0n) is 22.0. The molecule has 0 bridgehead atoms. The van der Waals surface area contributed by atoms with E-state index >= 15 is 0 Å². The molecule has 39 heavy (non-hydrogen) atoms. The van der Waals surface area contributed by atoms with E-state index in [4.69, 9.17) is 4.74 Å². The third-order valence-corrected chi connectivity index (χ3v) is 6.74. The van der Waals surface area contributed by atoms with Crippen molar-refractivity contribution in [3.05, 3.63) is 48.3 Å². The Kier molecular flexibility index (Phi) is 7.59. The smallest absolute Gasteiger partial charge is 0.404 e. The summed E-state index contributed by atoms with van der Waals surface area (Å²) in [6.07, 6.45) is -3.47. The number of carbonyl (C=O) groups excluding carboxylic acids is 3. The van der Waals surface area contributed by atoms with Crippen molar-refractivity contribution in [2.45, 2.75) is 51.7 Å². The monoisotopic (exact) mass is 549 g/mol. The Morgan fingerprint density at radius 2 is 1.90 bits per heavy atom. The van der Waals surface area contributed by atoms with Crippen molar-refractivity contribution in [2.75, 3.05) is 36.5 Å². The highest BCUT2D eigenvalue weighted by Crippen LogP contribution is 2.38. The number of pyridine rings is 1. The van der Waals surface area contributed by atoms with Crippen molar-refractivity contribution in [2.24, 2.45) is 0 Å². The van der Waals surface area contributed by atoms with Crippen molar-refractivity contribution in [1.29, 1.82) is 0 Å². The normalized spacial score (nSPS) is 19.4. The lowest BCUT2D eigenvalue weighted by Gasteiger charge is -2.41. The fourth-order valence-corrected chi connectivity index (χ4v) is 4.50. The molecule has 0 saturated carbocycles. The molecule has 1 aromatic heterocycles. The standard InChI is InChI=1S/C26H30F3N5O5/c1-24(2)16-38-12-11-32(24)15-21(35)31-19-13-18(8-9-20(19)39-26(27,28)29)34-22(36)25(3,4)33(23(34)37)14-17-7-5-6-10-30-17/h5-10,13H,11-12,14-16H2,1-4H3,(H,31,35). The van der Waals surface area contributed by atoms with E-state index in [1.165, 1.54) is 4.90 Å². The van der Waals surface area contributed by atoms with Gasteiger partial charge in [-0.05, 0) is 58.0 Å². The molecule has 10 nitrogen and oxygen atoms in total. The number of amides is 4.